The highest BCUT2D eigenvalue weighted by Gasteiger charge is 2.70. The molecule has 0 aromatic carbocycles. The van der Waals surface area contributed by atoms with Crippen LogP contribution in [0.15, 0.2) is 0 Å². The maximum atomic E-state index is 12.8. The highest BCUT2D eigenvalue weighted by atomic mass is 19.3. The molecule has 11 heavy (non-hydrogen) atoms. The number of nitrogens with two attached hydrogens (primary N) is 1. The van der Waals surface area contributed by atoms with Gasteiger partial charge in [0.1, 0.15) is 0 Å². The number of alkyl halides is 2. The largest absolute Gasteiger partial charge is 0.330 e. The molecule has 0 amide bonds. The monoisotopic (exact) mass is 161 g/mol. The Balaban J connectivity index is 1.96. The van der Waals surface area contributed by atoms with Crippen LogP contribution < -0.4 is 5.73 Å². The van der Waals surface area contributed by atoms with Crippen molar-refractivity contribution in [2.24, 2.45) is 17.1 Å². The summed E-state index contributed by atoms with van der Waals surface area (Å²) in [6.07, 6.45) is 2.97. The fourth-order valence-electron chi connectivity index (χ4n) is 1.78. The standard InChI is InChI=1S/C8H13F2N/c9-8(10)4-7(8,5-11)3-6-1-2-6/h6H,1-5,11H2. The number of halogens is 2. The molecule has 0 radical (unpaired) electrons. The molecule has 2 aliphatic rings. The molecule has 2 rings (SSSR count). The van der Waals surface area contributed by atoms with Gasteiger partial charge in [0.25, 0.3) is 5.92 Å². The SMILES string of the molecule is NCC1(CC2CC2)CC1(F)F. The summed E-state index contributed by atoms with van der Waals surface area (Å²) in [5.74, 6) is -1.88. The lowest BCUT2D eigenvalue weighted by Crippen LogP contribution is -2.22. The molecule has 1 unspecified atom stereocenters. The van der Waals surface area contributed by atoms with Crippen LogP contribution in [0, 0.1) is 11.3 Å². The molecule has 2 aliphatic carbocycles. The van der Waals surface area contributed by atoms with Gasteiger partial charge in [0.2, 0.25) is 0 Å². The van der Waals surface area contributed by atoms with Gasteiger partial charge in [-0.2, -0.15) is 0 Å². The molecule has 0 aliphatic heterocycles. The predicted octanol–water partition coefficient (Wildman–Crippen LogP) is 1.77. The van der Waals surface area contributed by atoms with E-state index in [0.717, 1.165) is 12.8 Å². The van der Waals surface area contributed by atoms with Gasteiger partial charge >= 0.3 is 0 Å². The average molecular weight is 161 g/mol. The van der Waals surface area contributed by atoms with E-state index in [9.17, 15) is 8.78 Å². The fourth-order valence-corrected chi connectivity index (χ4v) is 1.78. The lowest BCUT2D eigenvalue weighted by atomic mass is 9.99. The summed E-state index contributed by atoms with van der Waals surface area (Å²) in [6, 6.07) is 0. The predicted molar refractivity (Wildman–Crippen MR) is 38.4 cm³/mol. The summed E-state index contributed by atoms with van der Waals surface area (Å²) in [5, 5.41) is 0. The van der Waals surface area contributed by atoms with Crippen molar-refractivity contribution in [2.45, 2.75) is 31.6 Å². The zero-order chi connectivity index (χ0) is 8.11. The first-order valence-electron chi connectivity index (χ1n) is 4.18. The molecule has 0 aromatic heterocycles. The summed E-state index contributed by atoms with van der Waals surface area (Å²) < 4.78 is 25.5. The Kier molecular flexibility index (Phi) is 1.32. The van der Waals surface area contributed by atoms with Gasteiger partial charge in [0.05, 0.1) is 5.41 Å². The lowest BCUT2D eigenvalue weighted by molar-refractivity contribution is 0.0611. The van der Waals surface area contributed by atoms with Gasteiger partial charge < -0.3 is 5.73 Å². The smallest absolute Gasteiger partial charge is 0.255 e. The van der Waals surface area contributed by atoms with Gasteiger partial charge in [-0.1, -0.05) is 12.8 Å². The van der Waals surface area contributed by atoms with Crippen LogP contribution in [-0.4, -0.2) is 12.5 Å². The van der Waals surface area contributed by atoms with E-state index in [-0.39, 0.29) is 13.0 Å². The van der Waals surface area contributed by atoms with Crippen LogP contribution in [0.1, 0.15) is 25.7 Å². The van der Waals surface area contributed by atoms with Crippen LogP contribution in [0.25, 0.3) is 0 Å². The van der Waals surface area contributed by atoms with E-state index in [4.69, 9.17) is 5.73 Å². The van der Waals surface area contributed by atoms with E-state index >= 15 is 0 Å². The number of rotatable bonds is 3. The van der Waals surface area contributed by atoms with Crippen LogP contribution in [0.5, 0.6) is 0 Å². The molecular formula is C8H13F2N. The minimum atomic E-state index is -2.44. The van der Waals surface area contributed by atoms with E-state index in [1.807, 2.05) is 0 Å². The van der Waals surface area contributed by atoms with Crippen molar-refractivity contribution < 1.29 is 8.78 Å². The maximum absolute atomic E-state index is 12.8. The molecule has 64 valence electrons. The molecule has 0 saturated heterocycles. The third-order valence-electron chi connectivity index (χ3n) is 2.98. The molecular weight excluding hydrogens is 148 g/mol. The van der Waals surface area contributed by atoms with Gasteiger partial charge in [0, 0.05) is 13.0 Å². The molecule has 0 heterocycles. The van der Waals surface area contributed by atoms with Crippen LogP contribution in [-0.2, 0) is 0 Å². The van der Waals surface area contributed by atoms with Crippen molar-refractivity contribution in [2.75, 3.05) is 6.54 Å². The van der Waals surface area contributed by atoms with E-state index in [1.165, 1.54) is 0 Å². The Morgan fingerprint density at radius 1 is 1.36 bits per heavy atom. The average Bonchev–Trinajstić information content (AvgIpc) is 2.76. The van der Waals surface area contributed by atoms with Gasteiger partial charge in [-0.3, -0.25) is 0 Å². The highest BCUT2D eigenvalue weighted by molar-refractivity contribution is 5.12. The van der Waals surface area contributed by atoms with Crippen molar-refractivity contribution in [3.05, 3.63) is 0 Å². The van der Waals surface area contributed by atoms with Crippen molar-refractivity contribution >= 4 is 0 Å². The van der Waals surface area contributed by atoms with Crippen molar-refractivity contribution in [3.63, 3.8) is 0 Å². The second-order valence-electron chi connectivity index (χ2n) is 4.01. The third kappa shape index (κ3) is 1.06. The van der Waals surface area contributed by atoms with Crippen LogP contribution in [0.3, 0.4) is 0 Å². The zero-order valence-electron chi connectivity index (χ0n) is 6.45. The first-order chi connectivity index (χ1) is 5.10. The Morgan fingerprint density at radius 2 is 1.91 bits per heavy atom. The van der Waals surface area contributed by atoms with E-state index in [1.54, 1.807) is 0 Å². The van der Waals surface area contributed by atoms with Crippen LogP contribution in [0.2, 0.25) is 0 Å². The van der Waals surface area contributed by atoms with Crippen LogP contribution >= 0.6 is 0 Å². The number of hydrogen-bond donors (Lipinski definition) is 1. The molecule has 1 nitrogen and oxygen atoms in total. The minimum Gasteiger partial charge on any atom is -0.330 e. The quantitative estimate of drug-likeness (QED) is 0.670. The van der Waals surface area contributed by atoms with Crippen molar-refractivity contribution in [1.29, 1.82) is 0 Å². The lowest BCUT2D eigenvalue weighted by Gasteiger charge is -2.11. The van der Waals surface area contributed by atoms with Crippen LogP contribution in [0.4, 0.5) is 8.78 Å². The van der Waals surface area contributed by atoms with Gasteiger partial charge in [-0.25, -0.2) is 8.78 Å². The summed E-state index contributed by atoms with van der Waals surface area (Å²) in [7, 11) is 0. The van der Waals surface area contributed by atoms with E-state index in [0.29, 0.717) is 12.3 Å². The Bertz CT molecular complexity index is 177. The third-order valence-corrected chi connectivity index (χ3v) is 2.98. The Hall–Kier alpha value is -0.180. The second kappa shape index (κ2) is 1.94. The molecule has 2 fully saturated rings. The summed E-state index contributed by atoms with van der Waals surface area (Å²) in [4.78, 5) is 0. The second-order valence-corrected chi connectivity index (χ2v) is 4.01. The molecule has 1 atom stereocenters. The molecule has 0 spiro atoms. The normalized spacial score (nSPS) is 40.6. The molecule has 3 heteroatoms. The van der Waals surface area contributed by atoms with E-state index in [2.05, 4.69) is 0 Å². The minimum absolute atomic E-state index is 0.0347. The van der Waals surface area contributed by atoms with E-state index < -0.39 is 11.3 Å². The van der Waals surface area contributed by atoms with Gasteiger partial charge in [-0.15, -0.1) is 0 Å². The summed E-state index contributed by atoms with van der Waals surface area (Å²) in [6.45, 7) is 0.163. The summed E-state index contributed by atoms with van der Waals surface area (Å²) >= 11 is 0. The number of hydrogen-bond acceptors (Lipinski definition) is 1. The Morgan fingerprint density at radius 3 is 2.18 bits per heavy atom. The van der Waals surface area contributed by atoms with Crippen molar-refractivity contribution in [1.82, 2.24) is 0 Å². The molecule has 0 aromatic rings. The zero-order valence-corrected chi connectivity index (χ0v) is 6.45. The van der Waals surface area contributed by atoms with Crippen molar-refractivity contribution in [3.8, 4) is 0 Å². The first kappa shape index (κ1) is 7.47. The van der Waals surface area contributed by atoms with Gasteiger partial charge in [0.15, 0.2) is 0 Å². The fraction of sp³-hybridized carbons (Fsp3) is 1.00. The van der Waals surface area contributed by atoms with Gasteiger partial charge in [-0.05, 0) is 12.3 Å². The topological polar surface area (TPSA) is 26.0 Å². The molecule has 2 N–H and O–H groups in total. The highest BCUT2D eigenvalue weighted by Crippen LogP contribution is 2.64. The molecule has 0 bridgehead atoms. The maximum Gasteiger partial charge on any atom is 0.255 e. The Labute approximate surface area is 65.0 Å². The summed E-state index contributed by atoms with van der Waals surface area (Å²) in [5.41, 5.74) is 4.56. The first-order valence-corrected chi connectivity index (χ1v) is 4.18. The molecule has 2 saturated carbocycles.